The van der Waals surface area contributed by atoms with Gasteiger partial charge < -0.3 is 9.64 Å². The molecular formula is C19H18ClIN4O2. The quantitative estimate of drug-likeness (QED) is 0.501. The van der Waals surface area contributed by atoms with Crippen molar-refractivity contribution < 1.29 is 9.53 Å². The van der Waals surface area contributed by atoms with E-state index in [1.54, 1.807) is 11.1 Å². The van der Waals surface area contributed by atoms with Crippen LogP contribution in [0.5, 0.6) is 0 Å². The Bertz CT molecular complexity index is 955. The van der Waals surface area contributed by atoms with Gasteiger partial charge in [-0.2, -0.15) is 0 Å². The van der Waals surface area contributed by atoms with E-state index in [-0.39, 0.29) is 12.0 Å². The summed E-state index contributed by atoms with van der Waals surface area (Å²) < 4.78 is 8.31. The van der Waals surface area contributed by atoms with Gasteiger partial charge >= 0.3 is 6.09 Å². The van der Waals surface area contributed by atoms with E-state index in [9.17, 15) is 4.79 Å². The average molecular weight is 497 g/mol. The van der Waals surface area contributed by atoms with E-state index in [0.717, 1.165) is 33.4 Å². The second kappa shape index (κ2) is 8.02. The molecule has 0 saturated carbocycles. The third kappa shape index (κ3) is 3.89. The van der Waals surface area contributed by atoms with Gasteiger partial charge in [0.25, 0.3) is 0 Å². The molecule has 0 N–H and O–H groups in total. The molecule has 0 radical (unpaired) electrons. The number of likely N-dealkylation sites (tertiary alicyclic amines) is 1. The molecule has 27 heavy (non-hydrogen) atoms. The van der Waals surface area contributed by atoms with Crippen LogP contribution in [0.25, 0.3) is 5.52 Å². The van der Waals surface area contributed by atoms with Gasteiger partial charge in [-0.05, 0) is 41.0 Å². The van der Waals surface area contributed by atoms with Crippen molar-refractivity contribution in [3.05, 3.63) is 63.0 Å². The summed E-state index contributed by atoms with van der Waals surface area (Å²) in [7, 11) is 0. The Hall–Kier alpha value is -1.87. The van der Waals surface area contributed by atoms with Crippen LogP contribution in [0.3, 0.4) is 0 Å². The number of imidazole rings is 1. The van der Waals surface area contributed by atoms with Crippen molar-refractivity contribution in [2.24, 2.45) is 0 Å². The standard InChI is InChI=1S/C19H18ClIN4O2/c20-16-15-17(21)23-18(25(15)11-8-22-16)14-6-9-24(10-7-14)19(26)27-12-13-4-2-1-3-5-13/h1-5,8,11,14H,6-7,9-10,12H2. The highest BCUT2D eigenvalue weighted by atomic mass is 127. The number of hydrogen-bond donors (Lipinski definition) is 0. The molecule has 0 bridgehead atoms. The summed E-state index contributed by atoms with van der Waals surface area (Å²) in [5.41, 5.74) is 1.84. The first-order valence-corrected chi connectivity index (χ1v) is 10.2. The van der Waals surface area contributed by atoms with Crippen LogP contribution in [-0.4, -0.2) is 38.5 Å². The van der Waals surface area contributed by atoms with Gasteiger partial charge in [0.15, 0.2) is 5.15 Å². The van der Waals surface area contributed by atoms with Gasteiger partial charge in [0, 0.05) is 31.4 Å². The zero-order chi connectivity index (χ0) is 18.8. The number of ether oxygens (including phenoxy) is 1. The van der Waals surface area contributed by atoms with Crippen molar-refractivity contribution in [1.82, 2.24) is 19.3 Å². The number of amides is 1. The molecule has 0 unspecified atom stereocenters. The number of halogens is 2. The lowest BCUT2D eigenvalue weighted by Gasteiger charge is -2.30. The Balaban J connectivity index is 1.39. The van der Waals surface area contributed by atoms with Crippen LogP contribution in [-0.2, 0) is 11.3 Å². The van der Waals surface area contributed by atoms with E-state index in [0.29, 0.717) is 24.8 Å². The van der Waals surface area contributed by atoms with Crippen LogP contribution in [0.2, 0.25) is 5.15 Å². The van der Waals surface area contributed by atoms with Crippen LogP contribution < -0.4 is 0 Å². The predicted molar refractivity (Wildman–Crippen MR) is 111 cm³/mol. The van der Waals surface area contributed by atoms with Gasteiger partial charge in [-0.3, -0.25) is 4.40 Å². The molecule has 0 spiro atoms. The molecule has 140 valence electrons. The van der Waals surface area contributed by atoms with E-state index in [1.807, 2.05) is 40.9 Å². The van der Waals surface area contributed by atoms with Gasteiger partial charge in [-0.15, -0.1) is 0 Å². The molecular weight excluding hydrogens is 479 g/mol. The molecule has 1 saturated heterocycles. The number of carbonyl (C=O) groups is 1. The predicted octanol–water partition coefficient (Wildman–Crippen LogP) is 4.50. The number of carbonyl (C=O) groups excluding carboxylic acids is 1. The normalized spacial score (nSPS) is 15.3. The van der Waals surface area contributed by atoms with E-state index in [1.165, 1.54) is 0 Å². The van der Waals surface area contributed by atoms with Gasteiger partial charge in [0.2, 0.25) is 0 Å². The number of benzene rings is 1. The number of rotatable bonds is 3. The maximum Gasteiger partial charge on any atom is 0.410 e. The van der Waals surface area contributed by atoms with Gasteiger partial charge in [-0.1, -0.05) is 41.9 Å². The summed E-state index contributed by atoms with van der Waals surface area (Å²) in [4.78, 5) is 23.0. The zero-order valence-corrected chi connectivity index (χ0v) is 17.4. The molecule has 8 heteroatoms. The van der Waals surface area contributed by atoms with Crippen molar-refractivity contribution in [1.29, 1.82) is 0 Å². The fraction of sp³-hybridized carbons (Fsp3) is 0.316. The van der Waals surface area contributed by atoms with E-state index >= 15 is 0 Å². The molecule has 2 aromatic heterocycles. The van der Waals surface area contributed by atoms with Gasteiger partial charge in [0.05, 0.1) is 0 Å². The lowest BCUT2D eigenvalue weighted by atomic mass is 9.96. The Morgan fingerprint density at radius 1 is 1.26 bits per heavy atom. The highest BCUT2D eigenvalue weighted by molar-refractivity contribution is 14.1. The second-order valence-corrected chi connectivity index (χ2v) is 7.88. The highest BCUT2D eigenvalue weighted by Gasteiger charge is 2.28. The van der Waals surface area contributed by atoms with Crippen molar-refractivity contribution >= 4 is 45.8 Å². The molecule has 1 aliphatic heterocycles. The number of hydrogen-bond acceptors (Lipinski definition) is 4. The summed E-state index contributed by atoms with van der Waals surface area (Å²) >= 11 is 8.41. The summed E-state index contributed by atoms with van der Waals surface area (Å²) in [5, 5.41) is 0.461. The molecule has 1 aromatic carbocycles. The van der Waals surface area contributed by atoms with E-state index < -0.39 is 0 Å². The smallest absolute Gasteiger partial charge is 0.410 e. The highest BCUT2D eigenvalue weighted by Crippen LogP contribution is 2.31. The minimum absolute atomic E-state index is 0.257. The first-order chi connectivity index (χ1) is 13.1. The number of nitrogens with zero attached hydrogens (tertiary/aromatic N) is 4. The topological polar surface area (TPSA) is 59.7 Å². The average Bonchev–Trinajstić information content (AvgIpc) is 3.05. The zero-order valence-electron chi connectivity index (χ0n) is 14.5. The molecule has 1 aliphatic rings. The summed E-state index contributed by atoms with van der Waals surface area (Å²) in [6.45, 7) is 1.61. The summed E-state index contributed by atoms with van der Waals surface area (Å²) in [6, 6.07) is 9.72. The number of aromatic nitrogens is 3. The molecule has 3 aromatic rings. The Morgan fingerprint density at radius 3 is 2.74 bits per heavy atom. The molecule has 0 aliphatic carbocycles. The fourth-order valence-electron chi connectivity index (χ4n) is 3.40. The SMILES string of the molecule is O=C(OCc1ccccc1)N1CCC(c2nc(I)c3c(Cl)nccn23)CC1. The first-order valence-electron chi connectivity index (χ1n) is 8.77. The van der Waals surface area contributed by atoms with Crippen LogP contribution in [0.1, 0.15) is 30.1 Å². The van der Waals surface area contributed by atoms with E-state index in [2.05, 4.69) is 27.6 Å². The second-order valence-electron chi connectivity index (χ2n) is 6.50. The van der Waals surface area contributed by atoms with Crippen LogP contribution in [0, 0.1) is 3.70 Å². The largest absolute Gasteiger partial charge is 0.445 e. The van der Waals surface area contributed by atoms with E-state index in [4.69, 9.17) is 21.3 Å². The lowest BCUT2D eigenvalue weighted by Crippen LogP contribution is -2.38. The molecule has 3 heterocycles. The number of fused-ring (bicyclic) bond motifs is 1. The van der Waals surface area contributed by atoms with Crippen LogP contribution in [0.15, 0.2) is 42.7 Å². The first kappa shape index (κ1) is 18.5. The number of piperidine rings is 1. The van der Waals surface area contributed by atoms with Gasteiger partial charge in [0.1, 0.15) is 21.6 Å². The monoisotopic (exact) mass is 496 g/mol. The molecule has 6 nitrogen and oxygen atoms in total. The molecule has 0 atom stereocenters. The molecule has 4 rings (SSSR count). The maximum absolute atomic E-state index is 12.3. The van der Waals surface area contributed by atoms with Crippen molar-refractivity contribution in [3.8, 4) is 0 Å². The minimum atomic E-state index is -0.257. The van der Waals surface area contributed by atoms with Crippen LogP contribution in [0.4, 0.5) is 4.79 Å². The van der Waals surface area contributed by atoms with Crippen molar-refractivity contribution in [2.45, 2.75) is 25.4 Å². The fourth-order valence-corrected chi connectivity index (χ4v) is 4.56. The summed E-state index contributed by atoms with van der Waals surface area (Å²) in [6.07, 6.45) is 5.01. The Morgan fingerprint density at radius 2 is 2.00 bits per heavy atom. The third-order valence-electron chi connectivity index (χ3n) is 4.82. The van der Waals surface area contributed by atoms with Crippen molar-refractivity contribution in [2.75, 3.05) is 13.1 Å². The van der Waals surface area contributed by atoms with Gasteiger partial charge in [-0.25, -0.2) is 14.8 Å². The Kier molecular flexibility index (Phi) is 5.49. The third-order valence-corrected chi connectivity index (χ3v) is 5.85. The van der Waals surface area contributed by atoms with Crippen LogP contribution >= 0.6 is 34.2 Å². The van der Waals surface area contributed by atoms with Crippen molar-refractivity contribution in [3.63, 3.8) is 0 Å². The molecule has 1 amide bonds. The minimum Gasteiger partial charge on any atom is -0.445 e. The summed E-state index contributed by atoms with van der Waals surface area (Å²) in [5.74, 6) is 1.26. The molecule has 1 fully saturated rings. The lowest BCUT2D eigenvalue weighted by molar-refractivity contribution is 0.0866. The Labute approximate surface area is 175 Å². The maximum atomic E-state index is 12.3.